The Hall–Kier alpha value is -3.82. The molecule has 0 saturated carbocycles. The Bertz CT molecular complexity index is 1330. The third kappa shape index (κ3) is 5.82. The number of hydrogen-bond acceptors (Lipinski definition) is 7. The summed E-state index contributed by atoms with van der Waals surface area (Å²) in [6.45, 7) is 0. The van der Waals surface area contributed by atoms with E-state index >= 15 is 0 Å². The van der Waals surface area contributed by atoms with Crippen LogP contribution in [-0.4, -0.2) is 46.9 Å². The highest BCUT2D eigenvalue weighted by Crippen LogP contribution is 2.30. The van der Waals surface area contributed by atoms with E-state index in [1.54, 1.807) is 32.4 Å². The molecule has 0 radical (unpaired) electrons. The fourth-order valence-electron chi connectivity index (χ4n) is 3.31. The number of ether oxygens (including phenoxy) is 2. The van der Waals surface area contributed by atoms with Gasteiger partial charge in [0.15, 0.2) is 22.5 Å². The molecule has 0 aliphatic heterocycles. The van der Waals surface area contributed by atoms with Crippen molar-refractivity contribution < 1.29 is 14.3 Å². The Morgan fingerprint density at radius 3 is 2.51 bits per heavy atom. The topological polar surface area (TPSA) is 90.6 Å². The minimum atomic E-state index is -0.292. The molecular weight excluding hydrogens is 486 g/mol. The highest BCUT2D eigenvalue weighted by atomic mass is 35.5. The molecule has 0 fully saturated rings. The molecule has 10 heteroatoms. The number of hydrazone groups is 1. The van der Waals surface area contributed by atoms with Crippen LogP contribution in [0, 0.1) is 0 Å². The SMILES string of the molecule is COc1cccc(C=NNC(=O)CSc2nnc(-c3ccccc3)n2-c2ccc(Cl)cc2)c1OC. The van der Waals surface area contributed by atoms with E-state index in [0.717, 1.165) is 11.3 Å². The van der Waals surface area contributed by atoms with Crippen molar-refractivity contribution in [3.8, 4) is 28.6 Å². The lowest BCUT2D eigenvalue weighted by Gasteiger charge is -2.10. The first kappa shape index (κ1) is 24.3. The third-order valence-corrected chi connectivity index (χ3v) is 6.09. The molecule has 4 aromatic rings. The van der Waals surface area contributed by atoms with Gasteiger partial charge in [-0.25, -0.2) is 5.43 Å². The Balaban J connectivity index is 1.49. The van der Waals surface area contributed by atoms with Gasteiger partial charge in [0.05, 0.1) is 26.2 Å². The second kappa shape index (κ2) is 11.5. The Morgan fingerprint density at radius 2 is 1.80 bits per heavy atom. The van der Waals surface area contributed by atoms with Crippen LogP contribution in [0.15, 0.2) is 83.1 Å². The maximum Gasteiger partial charge on any atom is 0.250 e. The molecule has 178 valence electrons. The van der Waals surface area contributed by atoms with Crippen LogP contribution in [0.25, 0.3) is 17.1 Å². The lowest BCUT2D eigenvalue weighted by molar-refractivity contribution is -0.118. The van der Waals surface area contributed by atoms with E-state index in [4.69, 9.17) is 21.1 Å². The first-order valence-electron chi connectivity index (χ1n) is 10.5. The second-order valence-corrected chi connectivity index (χ2v) is 8.53. The van der Waals surface area contributed by atoms with Crippen LogP contribution >= 0.6 is 23.4 Å². The number of nitrogens with one attached hydrogen (secondary N) is 1. The van der Waals surface area contributed by atoms with Crippen LogP contribution < -0.4 is 14.9 Å². The molecule has 8 nitrogen and oxygen atoms in total. The van der Waals surface area contributed by atoms with Gasteiger partial charge in [-0.15, -0.1) is 10.2 Å². The number of hydrogen-bond donors (Lipinski definition) is 1. The number of benzene rings is 3. The summed E-state index contributed by atoms with van der Waals surface area (Å²) in [5.41, 5.74) is 4.95. The summed E-state index contributed by atoms with van der Waals surface area (Å²) in [6.07, 6.45) is 1.51. The first-order chi connectivity index (χ1) is 17.1. The molecule has 1 amide bonds. The molecular formula is C25H22ClN5O3S. The lowest BCUT2D eigenvalue weighted by Crippen LogP contribution is -2.20. The average Bonchev–Trinajstić information content (AvgIpc) is 3.32. The van der Waals surface area contributed by atoms with Gasteiger partial charge in [-0.2, -0.15) is 5.10 Å². The van der Waals surface area contributed by atoms with Gasteiger partial charge in [0.1, 0.15) is 0 Å². The van der Waals surface area contributed by atoms with Gasteiger partial charge >= 0.3 is 0 Å². The number of aromatic nitrogens is 3. The van der Waals surface area contributed by atoms with E-state index < -0.39 is 0 Å². The fraction of sp³-hybridized carbons (Fsp3) is 0.120. The van der Waals surface area contributed by atoms with Crippen LogP contribution in [0.1, 0.15) is 5.56 Å². The van der Waals surface area contributed by atoms with Gasteiger partial charge in [0.25, 0.3) is 5.91 Å². The van der Waals surface area contributed by atoms with Gasteiger partial charge in [-0.3, -0.25) is 9.36 Å². The summed E-state index contributed by atoms with van der Waals surface area (Å²) < 4.78 is 12.5. The number of carbonyl (C=O) groups is 1. The monoisotopic (exact) mass is 507 g/mol. The van der Waals surface area contributed by atoms with Crippen molar-refractivity contribution in [3.63, 3.8) is 0 Å². The molecule has 0 bridgehead atoms. The molecule has 0 aliphatic rings. The van der Waals surface area contributed by atoms with Crippen molar-refractivity contribution in [3.05, 3.63) is 83.4 Å². The first-order valence-corrected chi connectivity index (χ1v) is 11.9. The standard InChI is InChI=1S/C25H22ClN5O3S/c1-33-21-10-6-9-18(23(21)34-2)15-27-28-22(32)16-35-25-30-29-24(17-7-4-3-5-8-17)31(25)20-13-11-19(26)12-14-20/h3-15H,16H2,1-2H3,(H,28,32). The summed E-state index contributed by atoms with van der Waals surface area (Å²) in [5, 5.41) is 13.9. The number of methoxy groups -OCH3 is 2. The van der Waals surface area contributed by atoms with E-state index in [-0.39, 0.29) is 11.7 Å². The van der Waals surface area contributed by atoms with Gasteiger partial charge < -0.3 is 9.47 Å². The molecule has 0 saturated heterocycles. The molecule has 3 aromatic carbocycles. The van der Waals surface area contributed by atoms with Crippen LogP contribution in [0.2, 0.25) is 5.02 Å². The van der Waals surface area contributed by atoms with Crippen molar-refractivity contribution in [1.82, 2.24) is 20.2 Å². The zero-order valence-electron chi connectivity index (χ0n) is 19.0. The Morgan fingerprint density at radius 1 is 1.03 bits per heavy atom. The zero-order valence-corrected chi connectivity index (χ0v) is 20.6. The molecule has 35 heavy (non-hydrogen) atoms. The van der Waals surface area contributed by atoms with Gasteiger partial charge in [0.2, 0.25) is 0 Å². The zero-order chi connectivity index (χ0) is 24.6. The number of rotatable bonds is 9. The van der Waals surface area contributed by atoms with Crippen molar-refractivity contribution in [2.45, 2.75) is 5.16 Å². The van der Waals surface area contributed by atoms with Crippen molar-refractivity contribution >= 4 is 35.5 Å². The van der Waals surface area contributed by atoms with E-state index in [1.807, 2.05) is 59.2 Å². The molecule has 0 spiro atoms. The smallest absolute Gasteiger partial charge is 0.250 e. The number of amides is 1. The van der Waals surface area contributed by atoms with Crippen molar-refractivity contribution in [1.29, 1.82) is 0 Å². The average molecular weight is 508 g/mol. The summed E-state index contributed by atoms with van der Waals surface area (Å²) in [5.74, 6) is 1.58. The quantitative estimate of drug-likeness (QED) is 0.198. The predicted molar refractivity (Wildman–Crippen MR) is 138 cm³/mol. The third-order valence-electron chi connectivity index (χ3n) is 4.91. The van der Waals surface area contributed by atoms with Crippen LogP contribution in [0.3, 0.4) is 0 Å². The number of carbonyl (C=O) groups excluding carboxylic acids is 1. The molecule has 1 heterocycles. The van der Waals surface area contributed by atoms with Crippen molar-refractivity contribution in [2.24, 2.45) is 5.10 Å². The fourth-order valence-corrected chi connectivity index (χ4v) is 4.18. The van der Waals surface area contributed by atoms with Crippen LogP contribution in [0.5, 0.6) is 11.5 Å². The summed E-state index contributed by atoms with van der Waals surface area (Å²) in [4.78, 5) is 12.5. The summed E-state index contributed by atoms with van der Waals surface area (Å²) in [6, 6.07) is 22.5. The summed E-state index contributed by atoms with van der Waals surface area (Å²) in [7, 11) is 3.11. The number of nitrogens with zero attached hydrogens (tertiary/aromatic N) is 4. The maximum absolute atomic E-state index is 12.5. The van der Waals surface area contributed by atoms with Crippen LogP contribution in [-0.2, 0) is 4.79 Å². The highest BCUT2D eigenvalue weighted by molar-refractivity contribution is 7.99. The van der Waals surface area contributed by atoms with E-state index in [2.05, 4.69) is 20.7 Å². The largest absolute Gasteiger partial charge is 0.493 e. The van der Waals surface area contributed by atoms with Gasteiger partial charge in [-0.05, 0) is 36.4 Å². The molecule has 1 aromatic heterocycles. The number of halogens is 1. The van der Waals surface area contributed by atoms with Crippen molar-refractivity contribution in [2.75, 3.05) is 20.0 Å². The van der Waals surface area contributed by atoms with Gasteiger partial charge in [0, 0.05) is 21.8 Å². The molecule has 0 atom stereocenters. The van der Waals surface area contributed by atoms with Gasteiger partial charge in [-0.1, -0.05) is 59.8 Å². The minimum absolute atomic E-state index is 0.0904. The van der Waals surface area contributed by atoms with E-state index in [0.29, 0.717) is 33.1 Å². The Labute approximate surface area is 211 Å². The predicted octanol–water partition coefficient (Wildman–Crippen LogP) is 4.85. The normalized spacial score (nSPS) is 10.9. The van der Waals surface area contributed by atoms with E-state index in [1.165, 1.54) is 18.0 Å². The number of para-hydroxylation sites is 1. The summed E-state index contributed by atoms with van der Waals surface area (Å²) >= 11 is 7.33. The minimum Gasteiger partial charge on any atom is -0.493 e. The highest BCUT2D eigenvalue weighted by Gasteiger charge is 2.17. The van der Waals surface area contributed by atoms with Crippen LogP contribution in [0.4, 0.5) is 0 Å². The van der Waals surface area contributed by atoms with E-state index in [9.17, 15) is 4.79 Å². The second-order valence-electron chi connectivity index (χ2n) is 7.15. The molecule has 1 N–H and O–H groups in total. The number of thioether (sulfide) groups is 1. The Kier molecular flexibility index (Phi) is 8.02. The molecule has 0 unspecified atom stereocenters. The molecule has 4 rings (SSSR count). The molecule has 0 aliphatic carbocycles. The lowest BCUT2D eigenvalue weighted by atomic mass is 10.2. The maximum atomic E-state index is 12.5.